The Bertz CT molecular complexity index is 273. The Hall–Kier alpha value is -1.57. The van der Waals surface area contributed by atoms with Gasteiger partial charge in [-0.3, -0.25) is 0 Å². The van der Waals surface area contributed by atoms with Crippen LogP contribution in [0.2, 0.25) is 0 Å². The molecule has 0 radical (unpaired) electrons. The van der Waals surface area contributed by atoms with Crippen molar-refractivity contribution in [1.82, 2.24) is 0 Å². The smallest absolute Gasteiger partial charge is 0.333 e. The molecular formula is C14H20O2. The summed E-state index contributed by atoms with van der Waals surface area (Å²) in [6, 6.07) is 0. The van der Waals surface area contributed by atoms with Gasteiger partial charge in [-0.15, -0.1) is 19.7 Å². The van der Waals surface area contributed by atoms with Crippen molar-refractivity contribution in [3.8, 4) is 0 Å². The fraction of sp³-hybridized carbons (Fsp3) is 0.357. The zero-order chi connectivity index (χ0) is 12.6. The predicted octanol–water partition coefficient (Wildman–Crippen LogP) is 3.57. The van der Waals surface area contributed by atoms with Gasteiger partial charge in [0.05, 0.1) is 0 Å². The molecule has 0 heterocycles. The van der Waals surface area contributed by atoms with Gasteiger partial charge in [0.25, 0.3) is 0 Å². The molecule has 2 nitrogen and oxygen atoms in total. The molecule has 0 amide bonds. The summed E-state index contributed by atoms with van der Waals surface area (Å²) in [5, 5.41) is 0. The van der Waals surface area contributed by atoms with Gasteiger partial charge >= 0.3 is 5.97 Å². The number of esters is 1. The van der Waals surface area contributed by atoms with Crippen molar-refractivity contribution in [1.29, 1.82) is 0 Å². The maximum Gasteiger partial charge on any atom is 0.333 e. The molecule has 0 aromatic heterocycles. The van der Waals surface area contributed by atoms with Crippen LogP contribution in [0.5, 0.6) is 0 Å². The van der Waals surface area contributed by atoms with Gasteiger partial charge in [-0.2, -0.15) is 0 Å². The lowest BCUT2D eigenvalue weighted by Crippen LogP contribution is -2.34. The van der Waals surface area contributed by atoms with Gasteiger partial charge in [-0.05, 0) is 6.92 Å². The minimum Gasteiger partial charge on any atom is -0.455 e. The van der Waals surface area contributed by atoms with E-state index < -0.39 is 5.60 Å². The predicted molar refractivity (Wildman–Crippen MR) is 68.1 cm³/mol. The number of rotatable bonds is 8. The molecule has 0 N–H and O–H groups in total. The van der Waals surface area contributed by atoms with Gasteiger partial charge in [0.15, 0.2) is 0 Å². The summed E-state index contributed by atoms with van der Waals surface area (Å²) in [5.74, 6) is -0.384. The van der Waals surface area contributed by atoms with Gasteiger partial charge in [0.1, 0.15) is 5.60 Å². The van der Waals surface area contributed by atoms with E-state index in [1.54, 1.807) is 25.2 Å². The molecule has 0 spiro atoms. The third kappa shape index (κ3) is 4.30. The van der Waals surface area contributed by atoms with E-state index in [4.69, 9.17) is 4.74 Å². The average Bonchev–Trinajstić information content (AvgIpc) is 2.18. The zero-order valence-corrected chi connectivity index (χ0v) is 10.00. The van der Waals surface area contributed by atoms with E-state index in [2.05, 4.69) is 26.3 Å². The number of hydrogen-bond donors (Lipinski definition) is 0. The highest BCUT2D eigenvalue weighted by Gasteiger charge is 2.30. The van der Waals surface area contributed by atoms with Crippen molar-refractivity contribution in [2.45, 2.75) is 31.8 Å². The van der Waals surface area contributed by atoms with E-state index in [0.29, 0.717) is 24.8 Å². The summed E-state index contributed by atoms with van der Waals surface area (Å²) >= 11 is 0. The summed E-state index contributed by atoms with van der Waals surface area (Å²) in [5.41, 5.74) is -0.220. The second-order valence-electron chi connectivity index (χ2n) is 3.83. The molecule has 16 heavy (non-hydrogen) atoms. The summed E-state index contributed by atoms with van der Waals surface area (Å²) in [7, 11) is 0. The van der Waals surface area contributed by atoms with E-state index in [9.17, 15) is 4.79 Å². The molecule has 0 aromatic rings. The molecular weight excluding hydrogens is 200 g/mol. The fourth-order valence-electron chi connectivity index (χ4n) is 1.45. The van der Waals surface area contributed by atoms with Crippen LogP contribution in [-0.4, -0.2) is 11.6 Å². The third-order valence-electron chi connectivity index (χ3n) is 2.21. The Balaban J connectivity index is 4.91. The topological polar surface area (TPSA) is 26.3 Å². The Kier molecular flexibility index (Phi) is 6.16. The van der Waals surface area contributed by atoms with Crippen LogP contribution in [0.25, 0.3) is 0 Å². The Morgan fingerprint density at radius 1 is 1.12 bits per heavy atom. The third-order valence-corrected chi connectivity index (χ3v) is 2.21. The number of ether oxygens (including phenoxy) is 1. The number of carbonyl (C=O) groups excluding carboxylic acids is 1. The highest BCUT2D eigenvalue weighted by atomic mass is 16.6. The van der Waals surface area contributed by atoms with Gasteiger partial charge in [0.2, 0.25) is 0 Å². The van der Waals surface area contributed by atoms with Crippen LogP contribution in [0.15, 0.2) is 50.1 Å². The normalized spacial score (nSPS) is 10.3. The monoisotopic (exact) mass is 220 g/mol. The largest absolute Gasteiger partial charge is 0.455 e. The first-order chi connectivity index (χ1) is 7.51. The average molecular weight is 220 g/mol. The lowest BCUT2D eigenvalue weighted by atomic mass is 9.91. The lowest BCUT2D eigenvalue weighted by molar-refractivity contribution is -0.154. The van der Waals surface area contributed by atoms with Gasteiger partial charge in [-0.1, -0.05) is 24.8 Å². The molecule has 0 atom stereocenters. The Morgan fingerprint density at radius 3 is 1.75 bits per heavy atom. The SMILES string of the molecule is C=CCC(CC=C)(CC=C)OC(=O)C(=C)C. The van der Waals surface area contributed by atoms with Crippen LogP contribution in [0, 0.1) is 0 Å². The lowest BCUT2D eigenvalue weighted by Gasteiger charge is -2.31. The van der Waals surface area contributed by atoms with Crippen LogP contribution in [-0.2, 0) is 9.53 Å². The molecule has 0 aliphatic rings. The highest BCUT2D eigenvalue weighted by Crippen LogP contribution is 2.27. The van der Waals surface area contributed by atoms with Gasteiger partial charge in [-0.25, -0.2) is 4.79 Å². The molecule has 0 aliphatic heterocycles. The van der Waals surface area contributed by atoms with Crippen molar-refractivity contribution >= 4 is 5.97 Å². The molecule has 0 saturated heterocycles. The van der Waals surface area contributed by atoms with Crippen molar-refractivity contribution in [3.63, 3.8) is 0 Å². The van der Waals surface area contributed by atoms with Crippen LogP contribution < -0.4 is 0 Å². The summed E-state index contributed by atoms with van der Waals surface area (Å²) < 4.78 is 5.47. The number of hydrogen-bond acceptors (Lipinski definition) is 2. The van der Waals surface area contributed by atoms with Crippen molar-refractivity contribution in [2.75, 3.05) is 0 Å². The van der Waals surface area contributed by atoms with E-state index in [0.717, 1.165) is 0 Å². The number of carbonyl (C=O) groups is 1. The summed E-state index contributed by atoms with van der Waals surface area (Å²) in [6.07, 6.45) is 6.92. The highest BCUT2D eigenvalue weighted by molar-refractivity contribution is 5.87. The molecule has 88 valence electrons. The Labute approximate surface area is 98.0 Å². The van der Waals surface area contributed by atoms with Crippen molar-refractivity contribution < 1.29 is 9.53 Å². The molecule has 0 unspecified atom stereocenters. The fourth-order valence-corrected chi connectivity index (χ4v) is 1.45. The van der Waals surface area contributed by atoms with E-state index in [1.165, 1.54) is 0 Å². The van der Waals surface area contributed by atoms with Gasteiger partial charge in [0, 0.05) is 24.8 Å². The maximum atomic E-state index is 11.6. The van der Waals surface area contributed by atoms with Gasteiger partial charge < -0.3 is 4.74 Å². The van der Waals surface area contributed by atoms with Crippen LogP contribution in [0.1, 0.15) is 26.2 Å². The first kappa shape index (κ1) is 14.4. The minimum absolute atomic E-state index is 0.384. The standard InChI is InChI=1S/C14H20O2/c1-6-9-14(10-7-2,11-8-3)16-13(15)12(4)5/h6-8H,1-4,9-11H2,5H3. The van der Waals surface area contributed by atoms with E-state index in [-0.39, 0.29) is 5.97 Å². The minimum atomic E-state index is -0.610. The first-order valence-corrected chi connectivity index (χ1v) is 5.23. The Morgan fingerprint density at radius 2 is 1.50 bits per heavy atom. The second kappa shape index (κ2) is 6.83. The molecule has 0 aromatic carbocycles. The van der Waals surface area contributed by atoms with Crippen molar-refractivity contribution in [2.24, 2.45) is 0 Å². The molecule has 0 rings (SSSR count). The molecule has 2 heteroatoms. The second-order valence-corrected chi connectivity index (χ2v) is 3.83. The van der Waals surface area contributed by atoms with E-state index >= 15 is 0 Å². The molecule has 0 fully saturated rings. The quantitative estimate of drug-likeness (QED) is 0.355. The zero-order valence-electron chi connectivity index (χ0n) is 10.00. The van der Waals surface area contributed by atoms with Crippen LogP contribution in [0.3, 0.4) is 0 Å². The molecule has 0 aliphatic carbocycles. The van der Waals surface area contributed by atoms with E-state index in [1.807, 2.05) is 0 Å². The van der Waals surface area contributed by atoms with Crippen molar-refractivity contribution in [3.05, 3.63) is 50.1 Å². The van der Waals surface area contributed by atoms with Crippen LogP contribution >= 0.6 is 0 Å². The summed E-state index contributed by atoms with van der Waals surface area (Å²) in [4.78, 5) is 11.6. The summed E-state index contributed by atoms with van der Waals surface area (Å²) in [6.45, 7) is 16.2. The molecule has 0 bridgehead atoms. The maximum absolute atomic E-state index is 11.6. The van der Waals surface area contributed by atoms with Crippen LogP contribution in [0.4, 0.5) is 0 Å². The molecule has 0 saturated carbocycles. The first-order valence-electron chi connectivity index (χ1n) is 5.23.